The number of para-hydroxylation sites is 1. The van der Waals surface area contributed by atoms with Gasteiger partial charge in [-0.3, -0.25) is 0 Å². The van der Waals surface area contributed by atoms with E-state index in [9.17, 15) is 8.78 Å². The minimum absolute atomic E-state index is 0.0340. The molecule has 0 aliphatic heterocycles. The van der Waals surface area contributed by atoms with E-state index < -0.39 is 13.0 Å². The van der Waals surface area contributed by atoms with Crippen molar-refractivity contribution in [2.75, 3.05) is 0 Å². The molecule has 0 aliphatic carbocycles. The Balaban J connectivity index is 2.68. The second-order valence-corrected chi connectivity index (χ2v) is 3.72. The molecule has 3 nitrogen and oxygen atoms in total. The number of halogens is 3. The van der Waals surface area contributed by atoms with Gasteiger partial charge in [0.15, 0.2) is 0 Å². The summed E-state index contributed by atoms with van der Waals surface area (Å²) in [6.07, 6.45) is -2.49. The number of nitriles is 1. The molecule has 0 N–H and O–H groups in total. The molecule has 0 aliphatic rings. The van der Waals surface area contributed by atoms with E-state index >= 15 is 0 Å². The number of imidazole rings is 1. The largest absolute Gasteiger partial charge is 0.321 e. The zero-order valence-corrected chi connectivity index (χ0v) is 9.46. The zero-order valence-electron chi connectivity index (χ0n) is 8.70. The number of benzene rings is 1. The maximum Gasteiger partial charge on any atom is 0.256 e. The van der Waals surface area contributed by atoms with E-state index in [1.165, 1.54) is 4.57 Å². The smallest absolute Gasteiger partial charge is 0.256 e. The van der Waals surface area contributed by atoms with E-state index in [2.05, 4.69) is 4.98 Å². The van der Waals surface area contributed by atoms with E-state index in [1.54, 1.807) is 18.2 Å². The Morgan fingerprint density at radius 1 is 1.47 bits per heavy atom. The van der Waals surface area contributed by atoms with Gasteiger partial charge in [0.2, 0.25) is 0 Å². The predicted molar refractivity (Wildman–Crippen MR) is 60.0 cm³/mol. The Bertz CT molecular complexity index is 586. The first-order valence-electron chi connectivity index (χ1n) is 4.89. The van der Waals surface area contributed by atoms with Crippen LogP contribution in [0.1, 0.15) is 11.4 Å². The maximum atomic E-state index is 12.5. The average molecular weight is 256 g/mol. The number of nitrogens with zero attached hydrogens (tertiary/aromatic N) is 3. The Morgan fingerprint density at radius 2 is 2.24 bits per heavy atom. The van der Waals surface area contributed by atoms with Crippen LogP contribution in [0.2, 0.25) is 0 Å². The van der Waals surface area contributed by atoms with Gasteiger partial charge in [-0.15, -0.1) is 11.6 Å². The Kier molecular flexibility index (Phi) is 3.25. The molecule has 0 amide bonds. The lowest BCUT2D eigenvalue weighted by Gasteiger charge is -2.06. The van der Waals surface area contributed by atoms with Gasteiger partial charge in [-0.25, -0.2) is 13.8 Å². The lowest BCUT2D eigenvalue weighted by atomic mass is 10.2. The minimum atomic E-state index is -2.49. The number of alkyl halides is 3. The first-order valence-corrected chi connectivity index (χ1v) is 5.43. The molecule has 0 fully saturated rings. The third-order valence-electron chi connectivity index (χ3n) is 2.42. The molecule has 2 aromatic rings. The molecule has 0 radical (unpaired) electrons. The summed E-state index contributed by atoms with van der Waals surface area (Å²) in [7, 11) is 0. The summed E-state index contributed by atoms with van der Waals surface area (Å²) in [5, 5.41) is 8.91. The second kappa shape index (κ2) is 4.68. The van der Waals surface area contributed by atoms with Crippen LogP contribution < -0.4 is 0 Å². The van der Waals surface area contributed by atoms with Crippen LogP contribution in [0.15, 0.2) is 18.2 Å². The molecular formula is C11H8ClF2N3. The van der Waals surface area contributed by atoms with Crippen molar-refractivity contribution in [3.05, 3.63) is 29.6 Å². The van der Waals surface area contributed by atoms with Crippen LogP contribution in [0, 0.1) is 11.3 Å². The Morgan fingerprint density at radius 3 is 2.82 bits per heavy atom. The highest BCUT2D eigenvalue weighted by molar-refractivity contribution is 6.16. The summed E-state index contributed by atoms with van der Waals surface area (Å²) < 4.78 is 26.3. The number of aromatic nitrogens is 2. The van der Waals surface area contributed by atoms with Crippen LogP contribution in [-0.4, -0.2) is 16.0 Å². The zero-order chi connectivity index (χ0) is 12.4. The van der Waals surface area contributed by atoms with E-state index in [-0.39, 0.29) is 5.88 Å². The highest BCUT2D eigenvalue weighted by atomic mass is 35.5. The van der Waals surface area contributed by atoms with Crippen LogP contribution in [-0.2, 0) is 12.4 Å². The van der Waals surface area contributed by atoms with Crippen LogP contribution >= 0.6 is 11.6 Å². The molecule has 0 spiro atoms. The third-order valence-corrected chi connectivity index (χ3v) is 2.66. The van der Waals surface area contributed by atoms with Crippen molar-refractivity contribution in [1.29, 1.82) is 5.26 Å². The minimum Gasteiger partial charge on any atom is -0.321 e. The molecule has 1 aromatic heterocycles. The molecule has 0 unspecified atom stereocenters. The number of rotatable bonds is 3. The molecule has 0 bridgehead atoms. The monoisotopic (exact) mass is 255 g/mol. The van der Waals surface area contributed by atoms with Crippen molar-refractivity contribution >= 4 is 22.6 Å². The highest BCUT2D eigenvalue weighted by Gasteiger charge is 2.15. The van der Waals surface area contributed by atoms with Crippen LogP contribution in [0.5, 0.6) is 0 Å². The van der Waals surface area contributed by atoms with Crippen LogP contribution in [0.25, 0.3) is 11.0 Å². The van der Waals surface area contributed by atoms with Crippen molar-refractivity contribution in [2.45, 2.75) is 18.9 Å². The molecule has 1 aromatic carbocycles. The fourth-order valence-electron chi connectivity index (χ4n) is 1.73. The average Bonchev–Trinajstić information content (AvgIpc) is 2.66. The van der Waals surface area contributed by atoms with Gasteiger partial charge in [-0.1, -0.05) is 6.07 Å². The summed E-state index contributed by atoms with van der Waals surface area (Å²) in [6, 6.07) is 6.87. The molecule has 0 saturated heterocycles. The van der Waals surface area contributed by atoms with Gasteiger partial charge in [0, 0.05) is 0 Å². The van der Waals surface area contributed by atoms with Gasteiger partial charge in [0.25, 0.3) is 6.43 Å². The SMILES string of the molecule is N#Cc1cccc2c1nc(CCl)n2CC(F)F. The third kappa shape index (κ3) is 2.08. The summed E-state index contributed by atoms with van der Waals surface area (Å²) in [4.78, 5) is 4.13. The second-order valence-electron chi connectivity index (χ2n) is 3.45. The van der Waals surface area contributed by atoms with E-state index in [1.807, 2.05) is 6.07 Å². The van der Waals surface area contributed by atoms with Gasteiger partial charge < -0.3 is 4.57 Å². The molecule has 6 heteroatoms. The lowest BCUT2D eigenvalue weighted by Crippen LogP contribution is -2.09. The molecule has 0 atom stereocenters. The predicted octanol–water partition coefficient (Wildman–Crippen LogP) is 2.91. The van der Waals surface area contributed by atoms with Crippen molar-refractivity contribution in [1.82, 2.24) is 9.55 Å². The maximum absolute atomic E-state index is 12.5. The van der Waals surface area contributed by atoms with E-state index in [0.29, 0.717) is 22.4 Å². The summed E-state index contributed by atoms with van der Waals surface area (Å²) in [6.45, 7) is -0.465. The van der Waals surface area contributed by atoms with Crippen molar-refractivity contribution in [3.8, 4) is 6.07 Å². The van der Waals surface area contributed by atoms with Crippen molar-refractivity contribution < 1.29 is 8.78 Å². The van der Waals surface area contributed by atoms with Crippen LogP contribution in [0.4, 0.5) is 8.78 Å². The van der Waals surface area contributed by atoms with Gasteiger partial charge in [0.05, 0.1) is 23.5 Å². The van der Waals surface area contributed by atoms with Gasteiger partial charge in [-0.05, 0) is 12.1 Å². The van der Waals surface area contributed by atoms with E-state index in [4.69, 9.17) is 16.9 Å². The molecule has 88 valence electrons. The van der Waals surface area contributed by atoms with Gasteiger partial charge in [0.1, 0.15) is 17.4 Å². The van der Waals surface area contributed by atoms with E-state index in [0.717, 1.165) is 0 Å². The number of fused-ring (bicyclic) bond motifs is 1. The lowest BCUT2D eigenvalue weighted by molar-refractivity contribution is 0.127. The topological polar surface area (TPSA) is 41.6 Å². The number of hydrogen-bond donors (Lipinski definition) is 0. The highest BCUT2D eigenvalue weighted by Crippen LogP contribution is 2.21. The molecular weight excluding hydrogens is 248 g/mol. The fourth-order valence-corrected chi connectivity index (χ4v) is 1.93. The quantitative estimate of drug-likeness (QED) is 0.792. The molecule has 17 heavy (non-hydrogen) atoms. The Labute approximate surface area is 101 Å². The Hall–Kier alpha value is -1.67. The first kappa shape index (κ1) is 11.8. The number of hydrogen-bond acceptors (Lipinski definition) is 2. The van der Waals surface area contributed by atoms with Gasteiger partial charge >= 0.3 is 0 Å². The van der Waals surface area contributed by atoms with Crippen LogP contribution in [0.3, 0.4) is 0 Å². The summed E-state index contributed by atoms with van der Waals surface area (Å²) in [5.74, 6) is 0.386. The molecule has 0 saturated carbocycles. The summed E-state index contributed by atoms with van der Waals surface area (Å²) in [5.41, 5.74) is 1.30. The fraction of sp³-hybridized carbons (Fsp3) is 0.273. The van der Waals surface area contributed by atoms with Crippen molar-refractivity contribution in [3.63, 3.8) is 0 Å². The first-order chi connectivity index (χ1) is 8.17. The summed E-state index contributed by atoms with van der Waals surface area (Å²) >= 11 is 5.67. The standard InChI is InChI=1S/C11H8ClF2N3/c12-4-10-16-11-7(5-15)2-1-3-8(11)17(10)6-9(13)14/h1-3,9H,4,6H2. The van der Waals surface area contributed by atoms with Gasteiger partial charge in [-0.2, -0.15) is 5.26 Å². The normalized spacial score (nSPS) is 11.0. The molecule has 2 rings (SSSR count). The molecule has 1 heterocycles. The van der Waals surface area contributed by atoms with Crippen molar-refractivity contribution in [2.24, 2.45) is 0 Å².